The summed E-state index contributed by atoms with van der Waals surface area (Å²) in [5, 5.41) is 10.0. The van der Waals surface area contributed by atoms with E-state index in [1.165, 1.54) is 6.20 Å². The Balaban J connectivity index is 1.57. The highest BCUT2D eigenvalue weighted by molar-refractivity contribution is 6.32. The molecule has 2 amide bonds. The summed E-state index contributed by atoms with van der Waals surface area (Å²) in [5.41, 5.74) is 1.04. The number of nitrogens with one attached hydrogen (secondary N) is 2. The SMILES string of the molecule is Cc1[nH]nc(Cl)c1C(=O)N1CCC(C(=O)Nc2ccc(Cl)cn2)CC1. The van der Waals surface area contributed by atoms with Crippen molar-refractivity contribution in [1.82, 2.24) is 20.1 Å². The van der Waals surface area contributed by atoms with Crippen LogP contribution in [0.3, 0.4) is 0 Å². The highest BCUT2D eigenvalue weighted by Gasteiger charge is 2.30. The Kier molecular flexibility index (Phi) is 5.24. The summed E-state index contributed by atoms with van der Waals surface area (Å²) in [6, 6.07) is 3.32. The van der Waals surface area contributed by atoms with Gasteiger partial charge in [-0.25, -0.2) is 4.98 Å². The monoisotopic (exact) mass is 381 g/mol. The average Bonchev–Trinajstić information content (AvgIpc) is 2.95. The number of nitrogens with zero attached hydrogens (tertiary/aromatic N) is 3. The van der Waals surface area contributed by atoms with Gasteiger partial charge in [0.2, 0.25) is 5.91 Å². The molecule has 25 heavy (non-hydrogen) atoms. The van der Waals surface area contributed by atoms with E-state index in [1.54, 1.807) is 24.0 Å². The molecule has 0 saturated carbocycles. The Labute approximate surface area is 154 Å². The Hall–Kier alpha value is -2.12. The molecule has 0 unspecified atom stereocenters. The first-order valence-electron chi connectivity index (χ1n) is 7.88. The fraction of sp³-hybridized carbons (Fsp3) is 0.375. The van der Waals surface area contributed by atoms with Crippen molar-refractivity contribution in [2.45, 2.75) is 19.8 Å². The highest BCUT2D eigenvalue weighted by atomic mass is 35.5. The largest absolute Gasteiger partial charge is 0.338 e. The van der Waals surface area contributed by atoms with Crippen LogP contribution in [-0.4, -0.2) is 45.0 Å². The Morgan fingerprint density at radius 3 is 2.56 bits per heavy atom. The highest BCUT2D eigenvalue weighted by Crippen LogP contribution is 2.24. The zero-order valence-corrected chi connectivity index (χ0v) is 15.1. The maximum atomic E-state index is 12.6. The van der Waals surface area contributed by atoms with Crippen molar-refractivity contribution < 1.29 is 9.59 Å². The van der Waals surface area contributed by atoms with Gasteiger partial charge < -0.3 is 10.2 Å². The third kappa shape index (κ3) is 3.93. The molecule has 2 aromatic heterocycles. The summed E-state index contributed by atoms with van der Waals surface area (Å²) in [6.45, 7) is 2.74. The van der Waals surface area contributed by atoms with Gasteiger partial charge in [-0.3, -0.25) is 14.7 Å². The number of hydrogen-bond acceptors (Lipinski definition) is 4. The number of piperidine rings is 1. The first kappa shape index (κ1) is 17.7. The number of hydrogen-bond donors (Lipinski definition) is 2. The smallest absolute Gasteiger partial charge is 0.258 e. The summed E-state index contributed by atoms with van der Waals surface area (Å²) in [5.74, 6) is 0.0464. The van der Waals surface area contributed by atoms with Gasteiger partial charge in [-0.05, 0) is 31.9 Å². The van der Waals surface area contributed by atoms with Gasteiger partial charge in [-0.15, -0.1) is 0 Å². The van der Waals surface area contributed by atoms with Gasteiger partial charge in [0.15, 0.2) is 5.15 Å². The lowest BCUT2D eigenvalue weighted by molar-refractivity contribution is -0.121. The molecule has 2 N–H and O–H groups in total. The number of rotatable bonds is 3. The van der Waals surface area contributed by atoms with Crippen LogP contribution >= 0.6 is 23.2 Å². The molecule has 0 spiro atoms. The van der Waals surface area contributed by atoms with Crippen LogP contribution in [0.4, 0.5) is 5.82 Å². The lowest BCUT2D eigenvalue weighted by Crippen LogP contribution is -2.41. The predicted molar refractivity (Wildman–Crippen MR) is 94.8 cm³/mol. The molecule has 0 radical (unpaired) electrons. The van der Waals surface area contributed by atoms with E-state index in [0.29, 0.717) is 48.0 Å². The Morgan fingerprint density at radius 2 is 2.00 bits per heavy atom. The average molecular weight is 382 g/mol. The second-order valence-corrected chi connectivity index (χ2v) is 6.73. The molecule has 3 heterocycles. The van der Waals surface area contributed by atoms with Crippen LogP contribution in [0.1, 0.15) is 28.9 Å². The van der Waals surface area contributed by atoms with E-state index in [2.05, 4.69) is 20.5 Å². The quantitative estimate of drug-likeness (QED) is 0.854. The molecule has 2 aromatic rings. The van der Waals surface area contributed by atoms with Gasteiger partial charge in [0, 0.05) is 30.9 Å². The fourth-order valence-corrected chi connectivity index (χ4v) is 3.21. The molecular weight excluding hydrogens is 365 g/mol. The van der Waals surface area contributed by atoms with Gasteiger partial charge in [0.25, 0.3) is 5.91 Å². The van der Waals surface area contributed by atoms with Crippen LogP contribution in [0, 0.1) is 12.8 Å². The molecule has 7 nitrogen and oxygen atoms in total. The van der Waals surface area contributed by atoms with Crippen LogP contribution in [0.25, 0.3) is 0 Å². The summed E-state index contributed by atoms with van der Waals surface area (Å²) >= 11 is 11.7. The molecule has 0 atom stereocenters. The summed E-state index contributed by atoms with van der Waals surface area (Å²) in [4.78, 5) is 30.7. The molecule has 0 aliphatic carbocycles. The number of likely N-dealkylation sites (tertiary alicyclic amines) is 1. The topological polar surface area (TPSA) is 91.0 Å². The summed E-state index contributed by atoms with van der Waals surface area (Å²) < 4.78 is 0. The minimum absolute atomic E-state index is 0.0977. The zero-order chi connectivity index (χ0) is 18.0. The number of aromatic nitrogens is 3. The number of aryl methyl sites for hydroxylation is 1. The minimum atomic E-state index is -0.164. The van der Waals surface area contributed by atoms with Gasteiger partial charge in [0.1, 0.15) is 5.82 Å². The van der Waals surface area contributed by atoms with Gasteiger partial charge >= 0.3 is 0 Å². The van der Waals surface area contributed by atoms with Crippen molar-refractivity contribution in [2.24, 2.45) is 5.92 Å². The van der Waals surface area contributed by atoms with E-state index < -0.39 is 0 Å². The summed E-state index contributed by atoms with van der Waals surface area (Å²) in [7, 11) is 0. The molecular formula is C16H17Cl2N5O2. The standard InChI is InChI=1S/C16H17Cl2N5O2/c1-9-13(14(18)22-21-9)16(25)23-6-4-10(5-7-23)15(24)20-12-3-2-11(17)8-19-12/h2-3,8,10H,4-7H2,1H3,(H,21,22)(H,19,20,24). The number of carbonyl (C=O) groups is 2. The van der Waals surface area contributed by atoms with Crippen LogP contribution in [-0.2, 0) is 4.79 Å². The number of H-pyrrole nitrogens is 1. The number of halogens is 2. The molecule has 1 fully saturated rings. The van der Waals surface area contributed by atoms with Crippen LogP contribution < -0.4 is 5.32 Å². The Morgan fingerprint density at radius 1 is 1.28 bits per heavy atom. The molecule has 1 saturated heterocycles. The van der Waals surface area contributed by atoms with E-state index in [1.807, 2.05) is 0 Å². The van der Waals surface area contributed by atoms with Crippen LogP contribution in [0.2, 0.25) is 10.2 Å². The van der Waals surface area contributed by atoms with Gasteiger partial charge in [-0.1, -0.05) is 23.2 Å². The van der Waals surface area contributed by atoms with E-state index in [0.717, 1.165) is 0 Å². The molecule has 0 aromatic carbocycles. The molecule has 132 valence electrons. The number of carbonyl (C=O) groups excluding carboxylic acids is 2. The zero-order valence-electron chi connectivity index (χ0n) is 13.6. The van der Waals surface area contributed by atoms with E-state index in [-0.39, 0.29) is 22.9 Å². The van der Waals surface area contributed by atoms with E-state index in [9.17, 15) is 9.59 Å². The van der Waals surface area contributed by atoms with Crippen LogP contribution in [0.5, 0.6) is 0 Å². The molecule has 1 aliphatic heterocycles. The van der Waals surface area contributed by atoms with Crippen molar-refractivity contribution in [1.29, 1.82) is 0 Å². The maximum Gasteiger partial charge on any atom is 0.258 e. The van der Waals surface area contributed by atoms with E-state index in [4.69, 9.17) is 23.2 Å². The second kappa shape index (κ2) is 7.41. The van der Waals surface area contributed by atoms with Gasteiger partial charge in [0.05, 0.1) is 10.6 Å². The first-order valence-corrected chi connectivity index (χ1v) is 8.63. The third-order valence-corrected chi connectivity index (χ3v) is 4.75. The van der Waals surface area contributed by atoms with Crippen molar-refractivity contribution in [3.05, 3.63) is 39.8 Å². The van der Waals surface area contributed by atoms with E-state index >= 15 is 0 Å². The molecule has 1 aliphatic rings. The number of aromatic amines is 1. The lowest BCUT2D eigenvalue weighted by atomic mass is 9.95. The summed E-state index contributed by atoms with van der Waals surface area (Å²) in [6.07, 6.45) is 2.65. The van der Waals surface area contributed by atoms with Crippen molar-refractivity contribution in [3.8, 4) is 0 Å². The van der Waals surface area contributed by atoms with Crippen molar-refractivity contribution in [2.75, 3.05) is 18.4 Å². The van der Waals surface area contributed by atoms with Gasteiger partial charge in [-0.2, -0.15) is 5.10 Å². The number of pyridine rings is 1. The predicted octanol–water partition coefficient (Wildman–Crippen LogP) is 2.91. The Bertz CT molecular complexity index is 763. The maximum absolute atomic E-state index is 12.6. The van der Waals surface area contributed by atoms with Crippen LogP contribution in [0.15, 0.2) is 18.3 Å². The number of anilines is 1. The second-order valence-electron chi connectivity index (χ2n) is 5.93. The minimum Gasteiger partial charge on any atom is -0.338 e. The third-order valence-electron chi connectivity index (χ3n) is 4.25. The number of amides is 2. The molecule has 9 heteroatoms. The molecule has 3 rings (SSSR count). The normalized spacial score (nSPS) is 15.2. The van der Waals surface area contributed by atoms with Crippen molar-refractivity contribution >= 4 is 40.8 Å². The van der Waals surface area contributed by atoms with Crippen molar-refractivity contribution in [3.63, 3.8) is 0 Å². The first-order chi connectivity index (χ1) is 12.0. The lowest BCUT2D eigenvalue weighted by Gasteiger charge is -2.31. The fourth-order valence-electron chi connectivity index (χ4n) is 2.83. The molecule has 0 bridgehead atoms.